The van der Waals surface area contributed by atoms with Gasteiger partial charge >= 0.3 is 6.18 Å². The first-order valence-corrected chi connectivity index (χ1v) is 24.2. The lowest BCUT2D eigenvalue weighted by molar-refractivity contribution is -0.137. The van der Waals surface area contributed by atoms with Gasteiger partial charge in [0.25, 0.3) is 0 Å². The zero-order valence-corrected chi connectivity index (χ0v) is 42.2. The Kier molecular flexibility index (Phi) is 11.0. The molecule has 18 heteroatoms. The highest BCUT2D eigenvalue weighted by Crippen LogP contribution is 2.49. The molecular weight excluding hydrogens is 964 g/mol. The van der Waals surface area contributed by atoms with Crippen LogP contribution in [0, 0.1) is 66.7 Å². The maximum atomic E-state index is 17.2. The van der Waals surface area contributed by atoms with E-state index in [9.17, 15) is 5.26 Å². The van der Waals surface area contributed by atoms with Crippen LogP contribution in [0.4, 0.5) is 13.2 Å². The number of hydrogen-bond acceptors (Lipinski definition) is 13. The van der Waals surface area contributed by atoms with Gasteiger partial charge in [-0.2, -0.15) is 18.4 Å². The maximum absolute atomic E-state index is 17.2. The van der Waals surface area contributed by atoms with Gasteiger partial charge in [-0.25, -0.2) is 59.8 Å². The topological polar surface area (TPSA) is 188 Å². The van der Waals surface area contributed by atoms with Crippen LogP contribution >= 0.6 is 0 Å². The molecule has 0 N–H and O–H groups in total. The van der Waals surface area contributed by atoms with Crippen LogP contribution in [0.25, 0.3) is 112 Å². The molecule has 0 fully saturated rings. The van der Waals surface area contributed by atoms with Gasteiger partial charge in [-0.3, -0.25) is 0 Å². The molecule has 15 nitrogen and oxygen atoms in total. The van der Waals surface area contributed by atoms with Gasteiger partial charge in [0.2, 0.25) is 0 Å². The molecule has 6 aromatic carbocycles. The predicted molar refractivity (Wildman–Crippen MR) is 283 cm³/mol. The Bertz CT molecular complexity index is 4180. The Morgan fingerprint density at radius 2 is 0.724 bits per heavy atom. The number of alkyl halides is 3. The number of hydrogen-bond donors (Lipinski definition) is 0. The lowest BCUT2D eigenvalue weighted by atomic mass is 9.96. The molecule has 0 bridgehead atoms. The molecule has 0 aliphatic heterocycles. The van der Waals surface area contributed by atoms with Crippen molar-refractivity contribution in [2.75, 3.05) is 0 Å². The van der Waals surface area contributed by atoms with E-state index in [1.165, 1.54) is 6.07 Å². The average Bonchev–Trinajstić information content (AvgIpc) is 3.94. The van der Waals surface area contributed by atoms with Gasteiger partial charge in [0.15, 0.2) is 23.3 Å². The highest BCUT2D eigenvalue weighted by atomic mass is 19.4. The van der Waals surface area contributed by atoms with Gasteiger partial charge in [-0.05, 0) is 152 Å². The Balaban J connectivity index is 1.22. The molecule has 0 unspecified atom stereocenters. The normalized spacial score (nSPS) is 11.9. The van der Waals surface area contributed by atoms with Crippen LogP contribution in [0.15, 0.2) is 109 Å². The van der Waals surface area contributed by atoms with Crippen LogP contribution in [0.5, 0.6) is 0 Å². The zero-order chi connectivity index (χ0) is 52.9. The van der Waals surface area contributed by atoms with E-state index in [4.69, 9.17) is 0 Å². The predicted octanol–water partition coefficient (Wildman–Crippen LogP) is 12.3. The summed E-state index contributed by atoms with van der Waals surface area (Å²) < 4.78 is 55.0. The van der Waals surface area contributed by atoms with Crippen molar-refractivity contribution in [3.05, 3.63) is 167 Å². The Morgan fingerprint density at radius 3 is 1.05 bits per heavy atom. The summed E-state index contributed by atoms with van der Waals surface area (Å²) in [6.45, 7) is 14.3. The molecule has 0 saturated carbocycles. The number of halogens is 3. The number of rotatable bonds is 7. The zero-order valence-electron chi connectivity index (χ0n) is 42.2. The first kappa shape index (κ1) is 47.3. The molecule has 0 amide bonds. The third-order valence-corrected chi connectivity index (χ3v) is 13.2. The van der Waals surface area contributed by atoms with Gasteiger partial charge in [-0.1, -0.05) is 18.2 Å². The summed E-state index contributed by atoms with van der Waals surface area (Å²) in [5.74, 6) is 5.88. The molecule has 6 aromatic heterocycles. The molecule has 12 aromatic rings. The molecule has 6 heterocycles. The minimum absolute atomic E-state index is 0.141. The fraction of sp³-hybridized carbons (Fsp3) is 0.155. The molecular formula is C58H42F3N15. The van der Waals surface area contributed by atoms with Crippen LogP contribution in [0.1, 0.15) is 57.7 Å². The third kappa shape index (κ3) is 8.18. The Labute approximate surface area is 432 Å². The SMILES string of the molecule is Cc1nc(C)nc(-c2ccc3c(c2)c2cc(-c4nc(C)nc(C)n4)ccc2n3-c2ccc(-c3cccc(C#N)c3)c(-n3c4ccc(-c5nc(C)nc(C)n5)cc4c4cc(-c5nc(C)nc(C)n5)ccc43)c2C(F)(F)F)n1. The van der Waals surface area contributed by atoms with E-state index in [0.29, 0.717) is 141 Å². The van der Waals surface area contributed by atoms with Crippen molar-refractivity contribution >= 4 is 43.6 Å². The first-order chi connectivity index (χ1) is 36.5. The van der Waals surface area contributed by atoms with E-state index in [-0.39, 0.29) is 22.5 Å². The minimum Gasteiger partial charge on any atom is -0.309 e. The number of aromatic nitrogens is 14. The molecule has 370 valence electrons. The fourth-order valence-electron chi connectivity index (χ4n) is 10.4. The van der Waals surface area contributed by atoms with Crippen LogP contribution in [0.3, 0.4) is 0 Å². The van der Waals surface area contributed by atoms with Crippen molar-refractivity contribution in [2.45, 2.75) is 61.6 Å². The van der Waals surface area contributed by atoms with Crippen molar-refractivity contribution in [1.82, 2.24) is 68.9 Å². The van der Waals surface area contributed by atoms with Gasteiger partial charge in [0.1, 0.15) is 52.2 Å². The Morgan fingerprint density at radius 1 is 0.382 bits per heavy atom. The smallest absolute Gasteiger partial charge is 0.309 e. The summed E-state index contributed by atoms with van der Waals surface area (Å²) in [6, 6.07) is 34.1. The molecule has 12 rings (SSSR count). The van der Waals surface area contributed by atoms with Crippen LogP contribution < -0.4 is 0 Å². The summed E-state index contributed by atoms with van der Waals surface area (Å²) >= 11 is 0. The second-order valence-corrected chi connectivity index (χ2v) is 18.7. The van der Waals surface area contributed by atoms with Crippen molar-refractivity contribution in [1.29, 1.82) is 5.26 Å². The maximum Gasteiger partial charge on any atom is 0.420 e. The van der Waals surface area contributed by atoms with Crippen molar-refractivity contribution in [3.63, 3.8) is 0 Å². The summed E-state index contributed by atoms with van der Waals surface area (Å²) in [4.78, 5) is 54.7. The lowest BCUT2D eigenvalue weighted by Gasteiger charge is -2.24. The lowest BCUT2D eigenvalue weighted by Crippen LogP contribution is -2.17. The van der Waals surface area contributed by atoms with Gasteiger partial charge < -0.3 is 9.13 Å². The van der Waals surface area contributed by atoms with Crippen molar-refractivity contribution in [2.24, 2.45) is 0 Å². The van der Waals surface area contributed by atoms with E-state index < -0.39 is 11.7 Å². The summed E-state index contributed by atoms with van der Waals surface area (Å²) in [6.07, 6.45) is -5.00. The Hall–Kier alpha value is -9.76. The van der Waals surface area contributed by atoms with Crippen LogP contribution in [0.2, 0.25) is 0 Å². The molecule has 0 spiro atoms. The fourth-order valence-corrected chi connectivity index (χ4v) is 10.4. The summed E-state index contributed by atoms with van der Waals surface area (Å²) in [5.41, 5.74) is 4.17. The van der Waals surface area contributed by atoms with Gasteiger partial charge in [0, 0.05) is 49.4 Å². The number of nitriles is 1. The molecule has 0 radical (unpaired) electrons. The average molecular weight is 1010 g/mol. The molecule has 0 aliphatic rings. The van der Waals surface area contributed by atoms with Gasteiger partial charge in [0.05, 0.1) is 45.1 Å². The second-order valence-electron chi connectivity index (χ2n) is 18.7. The van der Waals surface area contributed by atoms with E-state index >= 15 is 13.2 Å². The third-order valence-electron chi connectivity index (χ3n) is 13.2. The number of benzene rings is 6. The van der Waals surface area contributed by atoms with E-state index in [0.717, 1.165) is 0 Å². The standard InChI is InChI=1S/C58H42F3N15/c1-28-63-29(2)68-54(67-28)38-12-17-47-43(23-38)44-24-39(55-69-30(3)64-31(4)70-55)13-18-48(44)75(47)51-21-16-42(37-11-9-10-36(22-37)27-62)53(52(51)58(59,60)61)76-49-19-14-40(56-71-32(5)65-33(6)72-56)25-45(49)46-26-41(15-20-50(46)76)57-73-34(7)66-35(8)74-57/h9-26H,1-8H3. The largest absolute Gasteiger partial charge is 0.420 e. The van der Waals surface area contributed by atoms with Crippen LogP contribution in [-0.2, 0) is 6.18 Å². The molecule has 0 atom stereocenters. The van der Waals surface area contributed by atoms with Crippen molar-refractivity contribution in [3.8, 4) is 74.1 Å². The highest BCUT2D eigenvalue weighted by molar-refractivity contribution is 6.14. The molecule has 76 heavy (non-hydrogen) atoms. The van der Waals surface area contributed by atoms with Crippen molar-refractivity contribution < 1.29 is 13.2 Å². The second kappa shape index (κ2) is 17.7. The van der Waals surface area contributed by atoms with E-state index in [2.05, 4.69) is 65.9 Å². The van der Waals surface area contributed by atoms with E-state index in [1.54, 1.807) is 119 Å². The number of nitrogens with zero attached hydrogens (tertiary/aromatic N) is 15. The van der Waals surface area contributed by atoms with Crippen LogP contribution in [-0.4, -0.2) is 68.9 Å². The quantitative estimate of drug-likeness (QED) is 0.147. The monoisotopic (exact) mass is 1010 g/mol. The molecule has 0 saturated heterocycles. The summed E-state index contributed by atoms with van der Waals surface area (Å²) in [5, 5.41) is 12.7. The first-order valence-electron chi connectivity index (χ1n) is 24.2. The van der Waals surface area contributed by atoms with E-state index in [1.807, 2.05) is 48.5 Å². The van der Waals surface area contributed by atoms with Gasteiger partial charge in [-0.15, -0.1) is 0 Å². The number of fused-ring (bicyclic) bond motifs is 6. The highest BCUT2D eigenvalue weighted by Gasteiger charge is 2.40. The number of aryl methyl sites for hydroxylation is 8. The summed E-state index contributed by atoms with van der Waals surface area (Å²) in [7, 11) is 0. The minimum atomic E-state index is -5.00. The molecule has 0 aliphatic carbocycles.